The summed E-state index contributed by atoms with van der Waals surface area (Å²) in [6.45, 7) is 4.79. The third-order valence-electron chi connectivity index (χ3n) is 5.88. The number of benzene rings is 2. The van der Waals surface area contributed by atoms with E-state index in [4.69, 9.17) is 4.74 Å². The van der Waals surface area contributed by atoms with Crippen molar-refractivity contribution in [3.8, 4) is 0 Å². The molecule has 5 heteroatoms. The maximum absolute atomic E-state index is 12.3. The number of ether oxygens (including phenoxy) is 1. The number of amides is 1. The summed E-state index contributed by atoms with van der Waals surface area (Å²) in [7, 11) is 0. The highest BCUT2D eigenvalue weighted by atomic mass is 35.5. The summed E-state index contributed by atoms with van der Waals surface area (Å²) in [6, 6.07) is 20.9. The molecule has 2 saturated heterocycles. The third-order valence-corrected chi connectivity index (χ3v) is 5.88. The number of hydrogen-bond acceptors (Lipinski definition) is 3. The minimum atomic E-state index is -0.161. The van der Waals surface area contributed by atoms with Crippen molar-refractivity contribution in [3.05, 3.63) is 71.8 Å². The number of carbonyl (C=O) groups is 1. The van der Waals surface area contributed by atoms with Crippen molar-refractivity contribution in [2.45, 2.75) is 31.4 Å². The van der Waals surface area contributed by atoms with Gasteiger partial charge >= 0.3 is 0 Å². The highest BCUT2D eigenvalue weighted by Gasteiger charge is 2.42. The molecule has 2 heterocycles. The first-order valence-electron chi connectivity index (χ1n) is 9.94. The lowest BCUT2D eigenvalue weighted by Gasteiger charge is -2.47. The Bertz CT molecular complexity index is 746. The van der Waals surface area contributed by atoms with Gasteiger partial charge in [-0.3, -0.25) is 4.79 Å². The molecule has 1 spiro atoms. The standard InChI is InChI=1S/C23H28N2O2.ClH/c26-22-18-27-23(19-25(22)17-21-9-5-2-6-10-21)12-15-24(16-13-23)14-11-20-7-3-1-4-8-20;/h1-10H,11-19H2;1H. The van der Waals surface area contributed by atoms with Crippen molar-refractivity contribution in [1.82, 2.24) is 9.80 Å². The largest absolute Gasteiger partial charge is 0.363 e. The molecule has 28 heavy (non-hydrogen) atoms. The van der Waals surface area contributed by atoms with Crippen molar-refractivity contribution < 1.29 is 9.53 Å². The normalized spacial score (nSPS) is 19.4. The monoisotopic (exact) mass is 400 g/mol. The number of nitrogens with zero attached hydrogens (tertiary/aromatic N) is 2. The van der Waals surface area contributed by atoms with Gasteiger partial charge in [0.2, 0.25) is 5.91 Å². The van der Waals surface area contributed by atoms with E-state index in [1.165, 1.54) is 11.1 Å². The number of rotatable bonds is 5. The Kier molecular flexibility index (Phi) is 7.11. The summed E-state index contributed by atoms with van der Waals surface area (Å²) < 4.78 is 6.08. The number of morpholine rings is 1. The van der Waals surface area contributed by atoms with Gasteiger partial charge in [-0.2, -0.15) is 0 Å². The summed E-state index contributed by atoms with van der Waals surface area (Å²) in [4.78, 5) is 16.9. The highest BCUT2D eigenvalue weighted by Crippen LogP contribution is 2.31. The van der Waals surface area contributed by atoms with Crippen LogP contribution in [0.15, 0.2) is 60.7 Å². The molecule has 0 bridgehead atoms. The molecule has 150 valence electrons. The zero-order valence-electron chi connectivity index (χ0n) is 16.3. The van der Waals surface area contributed by atoms with E-state index in [9.17, 15) is 4.79 Å². The van der Waals surface area contributed by atoms with Crippen LogP contribution < -0.4 is 0 Å². The number of halogens is 1. The van der Waals surface area contributed by atoms with E-state index < -0.39 is 0 Å². The quantitative estimate of drug-likeness (QED) is 0.769. The van der Waals surface area contributed by atoms with Crippen LogP contribution in [0.2, 0.25) is 0 Å². The summed E-state index contributed by atoms with van der Waals surface area (Å²) in [5.41, 5.74) is 2.42. The van der Waals surface area contributed by atoms with Crippen LogP contribution in [-0.2, 0) is 22.5 Å². The van der Waals surface area contributed by atoms with E-state index in [1.54, 1.807) is 0 Å². The average molecular weight is 401 g/mol. The van der Waals surface area contributed by atoms with Crippen molar-refractivity contribution in [2.24, 2.45) is 0 Å². The number of piperidine rings is 1. The van der Waals surface area contributed by atoms with Crippen molar-refractivity contribution in [1.29, 1.82) is 0 Å². The smallest absolute Gasteiger partial charge is 0.248 e. The first kappa shape index (κ1) is 20.8. The van der Waals surface area contributed by atoms with Gasteiger partial charge < -0.3 is 14.5 Å². The Morgan fingerprint density at radius 3 is 2.14 bits per heavy atom. The molecule has 4 nitrogen and oxygen atoms in total. The van der Waals surface area contributed by atoms with Crippen LogP contribution in [0.25, 0.3) is 0 Å². The van der Waals surface area contributed by atoms with Gasteiger partial charge in [0.05, 0.1) is 12.1 Å². The topological polar surface area (TPSA) is 32.8 Å². The minimum absolute atomic E-state index is 0. The summed E-state index contributed by atoms with van der Waals surface area (Å²) in [5, 5.41) is 0. The van der Waals surface area contributed by atoms with E-state index >= 15 is 0 Å². The van der Waals surface area contributed by atoms with Crippen LogP contribution in [0.5, 0.6) is 0 Å². The molecular weight excluding hydrogens is 372 g/mol. The van der Waals surface area contributed by atoms with Crippen LogP contribution in [0.4, 0.5) is 0 Å². The molecule has 2 aromatic carbocycles. The van der Waals surface area contributed by atoms with E-state index in [1.807, 2.05) is 23.1 Å². The molecule has 2 aromatic rings. The molecule has 4 rings (SSSR count). The van der Waals surface area contributed by atoms with Crippen LogP contribution in [-0.4, -0.2) is 54.1 Å². The van der Waals surface area contributed by atoms with Crippen LogP contribution in [0.1, 0.15) is 24.0 Å². The van der Waals surface area contributed by atoms with Gasteiger partial charge in [-0.15, -0.1) is 12.4 Å². The van der Waals surface area contributed by atoms with Gasteiger partial charge in [-0.1, -0.05) is 60.7 Å². The molecule has 0 unspecified atom stereocenters. The second kappa shape index (κ2) is 9.55. The maximum atomic E-state index is 12.3. The minimum Gasteiger partial charge on any atom is -0.363 e. The first-order valence-corrected chi connectivity index (χ1v) is 9.94. The van der Waals surface area contributed by atoms with E-state index in [-0.39, 0.29) is 30.5 Å². The zero-order valence-corrected chi connectivity index (χ0v) is 17.1. The van der Waals surface area contributed by atoms with E-state index in [2.05, 4.69) is 47.4 Å². The molecular formula is C23H29ClN2O2. The molecule has 0 radical (unpaired) electrons. The molecule has 2 aliphatic rings. The highest BCUT2D eigenvalue weighted by molar-refractivity contribution is 5.85. The predicted octanol–water partition coefficient (Wildman–Crippen LogP) is 3.54. The van der Waals surface area contributed by atoms with E-state index in [0.29, 0.717) is 13.1 Å². The molecule has 0 saturated carbocycles. The lowest BCUT2D eigenvalue weighted by Crippen LogP contribution is -2.58. The van der Waals surface area contributed by atoms with Gasteiger partial charge in [0.25, 0.3) is 0 Å². The number of carbonyl (C=O) groups excluding carboxylic acids is 1. The molecule has 0 N–H and O–H groups in total. The van der Waals surface area contributed by atoms with Gasteiger partial charge in [0, 0.05) is 26.2 Å². The van der Waals surface area contributed by atoms with Crippen LogP contribution in [0, 0.1) is 0 Å². The Morgan fingerprint density at radius 1 is 0.893 bits per heavy atom. The fourth-order valence-corrected chi connectivity index (χ4v) is 4.15. The second-order valence-corrected chi connectivity index (χ2v) is 7.78. The first-order chi connectivity index (χ1) is 13.2. The lowest BCUT2D eigenvalue weighted by atomic mass is 9.89. The Hall–Kier alpha value is -1.88. The van der Waals surface area contributed by atoms with E-state index in [0.717, 1.165) is 38.9 Å². The summed E-state index contributed by atoms with van der Waals surface area (Å²) in [5.74, 6) is 0.107. The molecule has 2 aliphatic heterocycles. The molecule has 0 aromatic heterocycles. The van der Waals surface area contributed by atoms with Crippen molar-refractivity contribution in [3.63, 3.8) is 0 Å². The van der Waals surface area contributed by atoms with Gasteiger partial charge in [0.1, 0.15) is 6.61 Å². The Morgan fingerprint density at radius 2 is 1.50 bits per heavy atom. The van der Waals surface area contributed by atoms with Crippen molar-refractivity contribution >= 4 is 18.3 Å². The Labute approximate surface area is 173 Å². The van der Waals surface area contributed by atoms with Gasteiger partial charge in [0.15, 0.2) is 0 Å². The fourth-order valence-electron chi connectivity index (χ4n) is 4.15. The molecule has 1 amide bonds. The van der Waals surface area contributed by atoms with Gasteiger partial charge in [-0.05, 0) is 30.4 Å². The van der Waals surface area contributed by atoms with Gasteiger partial charge in [-0.25, -0.2) is 0 Å². The second-order valence-electron chi connectivity index (χ2n) is 7.78. The predicted molar refractivity (Wildman–Crippen MR) is 114 cm³/mol. The number of hydrogen-bond donors (Lipinski definition) is 0. The number of likely N-dealkylation sites (tertiary alicyclic amines) is 1. The van der Waals surface area contributed by atoms with Crippen LogP contribution >= 0.6 is 12.4 Å². The molecule has 2 fully saturated rings. The summed E-state index contributed by atoms with van der Waals surface area (Å²) in [6.07, 6.45) is 3.09. The fraction of sp³-hybridized carbons (Fsp3) is 0.435. The SMILES string of the molecule is Cl.O=C1COC2(CCN(CCc3ccccc3)CC2)CN1Cc1ccccc1. The summed E-state index contributed by atoms with van der Waals surface area (Å²) >= 11 is 0. The zero-order chi connectivity index (χ0) is 18.5. The maximum Gasteiger partial charge on any atom is 0.248 e. The third kappa shape index (κ3) is 5.13. The van der Waals surface area contributed by atoms with Crippen molar-refractivity contribution in [2.75, 3.05) is 32.8 Å². The lowest BCUT2D eigenvalue weighted by molar-refractivity contribution is -0.172. The average Bonchev–Trinajstić information content (AvgIpc) is 2.72. The Balaban J connectivity index is 0.00000225. The molecule has 0 aliphatic carbocycles. The molecule has 0 atom stereocenters. The van der Waals surface area contributed by atoms with Crippen LogP contribution in [0.3, 0.4) is 0 Å².